The van der Waals surface area contributed by atoms with Gasteiger partial charge in [-0.1, -0.05) is 31.5 Å². The summed E-state index contributed by atoms with van der Waals surface area (Å²) < 4.78 is 1.74. The lowest BCUT2D eigenvalue weighted by Crippen LogP contribution is -2.05. The number of rotatable bonds is 4. The third kappa shape index (κ3) is 3.15. The van der Waals surface area contributed by atoms with E-state index in [0.29, 0.717) is 18.2 Å². The average Bonchev–Trinajstić information content (AvgIpc) is 2.70. The van der Waals surface area contributed by atoms with Gasteiger partial charge in [-0.15, -0.1) is 0 Å². The molecule has 0 aliphatic heterocycles. The van der Waals surface area contributed by atoms with E-state index in [1.165, 1.54) is 5.56 Å². The molecule has 0 unspecified atom stereocenters. The van der Waals surface area contributed by atoms with Gasteiger partial charge < -0.3 is 5.11 Å². The molecule has 0 spiro atoms. The quantitative estimate of drug-likeness (QED) is 0.929. The van der Waals surface area contributed by atoms with E-state index in [0.717, 1.165) is 16.7 Å². The van der Waals surface area contributed by atoms with Crippen molar-refractivity contribution in [3.05, 3.63) is 40.6 Å². The summed E-state index contributed by atoms with van der Waals surface area (Å²) in [5, 5.41) is 14.0. The van der Waals surface area contributed by atoms with Crippen molar-refractivity contribution in [2.24, 2.45) is 5.92 Å². The fourth-order valence-electron chi connectivity index (χ4n) is 2.78. The minimum atomic E-state index is -0.931. The molecule has 1 aromatic heterocycles. The Morgan fingerprint density at radius 2 is 1.81 bits per heavy atom. The lowest BCUT2D eigenvalue weighted by atomic mass is 9.95. The number of nitrogens with zero attached hydrogens (tertiary/aromatic N) is 2. The van der Waals surface area contributed by atoms with E-state index < -0.39 is 5.97 Å². The lowest BCUT2D eigenvalue weighted by Gasteiger charge is -2.10. The molecule has 1 N–H and O–H groups in total. The van der Waals surface area contributed by atoms with Crippen LogP contribution in [0.1, 0.15) is 40.9 Å². The molecule has 0 bridgehead atoms. The molecule has 2 rings (SSSR count). The molecular weight excluding hydrogens is 264 g/mol. The zero-order valence-corrected chi connectivity index (χ0v) is 13.3. The Hall–Kier alpha value is -2.10. The highest BCUT2D eigenvalue weighted by Gasteiger charge is 2.20. The molecule has 0 fully saturated rings. The molecule has 0 atom stereocenters. The van der Waals surface area contributed by atoms with Crippen LogP contribution in [0.4, 0.5) is 0 Å². The van der Waals surface area contributed by atoms with Gasteiger partial charge in [-0.05, 0) is 37.8 Å². The summed E-state index contributed by atoms with van der Waals surface area (Å²) in [6.07, 6.45) is 1.64. The molecular formula is C17H22N2O2. The van der Waals surface area contributed by atoms with Gasteiger partial charge in [-0.25, -0.2) is 4.79 Å². The van der Waals surface area contributed by atoms with Gasteiger partial charge in [0.1, 0.15) is 11.3 Å². The average molecular weight is 286 g/mol. The van der Waals surface area contributed by atoms with E-state index in [-0.39, 0.29) is 5.56 Å². The van der Waals surface area contributed by atoms with Crippen LogP contribution in [0.25, 0.3) is 11.3 Å². The second kappa shape index (κ2) is 5.72. The Kier molecular flexibility index (Phi) is 4.16. The highest BCUT2D eigenvalue weighted by Crippen LogP contribution is 2.30. The Morgan fingerprint density at radius 1 is 1.24 bits per heavy atom. The molecule has 0 saturated carbocycles. The van der Waals surface area contributed by atoms with Crippen molar-refractivity contribution >= 4 is 5.97 Å². The lowest BCUT2D eigenvalue weighted by molar-refractivity contribution is 0.0697. The van der Waals surface area contributed by atoms with Crippen LogP contribution < -0.4 is 0 Å². The molecule has 0 saturated heterocycles. The van der Waals surface area contributed by atoms with E-state index in [9.17, 15) is 9.90 Å². The molecule has 112 valence electrons. The molecule has 2 aromatic rings. The number of carboxylic acid groups (broad SMARTS) is 1. The van der Waals surface area contributed by atoms with Crippen molar-refractivity contribution < 1.29 is 9.90 Å². The summed E-state index contributed by atoms with van der Waals surface area (Å²) in [5.41, 5.74) is 5.06. The standard InChI is InChI=1S/C17H22N2O2/c1-10(2)8-19-9-14(17(20)21)16(18-19)15-12(4)6-11(3)7-13(15)5/h6-7,9-10H,8H2,1-5H3,(H,20,21). The topological polar surface area (TPSA) is 55.1 Å². The predicted molar refractivity (Wildman–Crippen MR) is 83.7 cm³/mol. The van der Waals surface area contributed by atoms with E-state index in [4.69, 9.17) is 0 Å². The third-order valence-corrected chi connectivity index (χ3v) is 3.46. The first-order valence-corrected chi connectivity index (χ1v) is 7.18. The monoisotopic (exact) mass is 286 g/mol. The highest BCUT2D eigenvalue weighted by molar-refractivity contribution is 5.95. The number of hydrogen-bond donors (Lipinski definition) is 1. The fourth-order valence-corrected chi connectivity index (χ4v) is 2.78. The zero-order chi connectivity index (χ0) is 15.7. The largest absolute Gasteiger partial charge is 0.478 e. The third-order valence-electron chi connectivity index (χ3n) is 3.46. The number of carboxylic acids is 1. The molecule has 1 aromatic carbocycles. The maximum absolute atomic E-state index is 11.5. The second-order valence-electron chi connectivity index (χ2n) is 6.09. The maximum atomic E-state index is 11.5. The first-order valence-electron chi connectivity index (χ1n) is 7.18. The Bertz CT molecular complexity index is 661. The fraction of sp³-hybridized carbons (Fsp3) is 0.412. The normalized spacial score (nSPS) is 11.1. The summed E-state index contributed by atoms with van der Waals surface area (Å²) in [7, 11) is 0. The van der Waals surface area contributed by atoms with Crippen LogP contribution >= 0.6 is 0 Å². The Labute approximate surface area is 125 Å². The van der Waals surface area contributed by atoms with Crippen molar-refractivity contribution in [3.8, 4) is 11.3 Å². The van der Waals surface area contributed by atoms with Gasteiger partial charge in [0.25, 0.3) is 0 Å². The number of carbonyl (C=O) groups is 1. The van der Waals surface area contributed by atoms with Crippen LogP contribution in [-0.4, -0.2) is 20.9 Å². The zero-order valence-electron chi connectivity index (χ0n) is 13.3. The van der Waals surface area contributed by atoms with Crippen LogP contribution in [0.2, 0.25) is 0 Å². The summed E-state index contributed by atoms with van der Waals surface area (Å²) in [4.78, 5) is 11.5. The number of aromatic nitrogens is 2. The van der Waals surface area contributed by atoms with E-state index in [1.807, 2.05) is 20.8 Å². The van der Waals surface area contributed by atoms with E-state index in [2.05, 4.69) is 31.1 Å². The van der Waals surface area contributed by atoms with Gasteiger partial charge in [0.2, 0.25) is 0 Å². The van der Waals surface area contributed by atoms with Crippen LogP contribution in [-0.2, 0) is 6.54 Å². The number of hydrogen-bond acceptors (Lipinski definition) is 2. The molecule has 1 heterocycles. The van der Waals surface area contributed by atoms with Gasteiger partial charge in [-0.3, -0.25) is 4.68 Å². The maximum Gasteiger partial charge on any atom is 0.339 e. The summed E-state index contributed by atoms with van der Waals surface area (Å²) in [6, 6.07) is 4.13. The molecule has 0 aliphatic carbocycles. The van der Waals surface area contributed by atoms with Gasteiger partial charge in [-0.2, -0.15) is 5.10 Å². The van der Waals surface area contributed by atoms with E-state index >= 15 is 0 Å². The van der Waals surface area contributed by atoms with E-state index in [1.54, 1.807) is 10.9 Å². The first-order chi connectivity index (χ1) is 9.79. The molecule has 0 amide bonds. The molecule has 0 aliphatic rings. The van der Waals surface area contributed by atoms with Gasteiger partial charge >= 0.3 is 5.97 Å². The van der Waals surface area contributed by atoms with Crippen molar-refractivity contribution in [3.63, 3.8) is 0 Å². The Morgan fingerprint density at radius 3 is 2.29 bits per heavy atom. The predicted octanol–water partition coefficient (Wildman–Crippen LogP) is 3.83. The van der Waals surface area contributed by atoms with Crippen molar-refractivity contribution in [1.29, 1.82) is 0 Å². The highest BCUT2D eigenvalue weighted by atomic mass is 16.4. The minimum Gasteiger partial charge on any atom is -0.478 e. The van der Waals surface area contributed by atoms with Crippen LogP contribution in [0.15, 0.2) is 18.3 Å². The molecule has 21 heavy (non-hydrogen) atoms. The smallest absolute Gasteiger partial charge is 0.339 e. The van der Waals surface area contributed by atoms with Crippen molar-refractivity contribution in [2.75, 3.05) is 0 Å². The van der Waals surface area contributed by atoms with Crippen molar-refractivity contribution in [1.82, 2.24) is 9.78 Å². The number of benzene rings is 1. The summed E-state index contributed by atoms with van der Waals surface area (Å²) in [5.74, 6) is -0.515. The summed E-state index contributed by atoms with van der Waals surface area (Å²) >= 11 is 0. The summed E-state index contributed by atoms with van der Waals surface area (Å²) in [6.45, 7) is 10.9. The van der Waals surface area contributed by atoms with Crippen LogP contribution in [0.3, 0.4) is 0 Å². The van der Waals surface area contributed by atoms with Crippen molar-refractivity contribution in [2.45, 2.75) is 41.2 Å². The molecule has 0 radical (unpaired) electrons. The number of aromatic carboxylic acids is 1. The van der Waals surface area contributed by atoms with Gasteiger partial charge in [0.05, 0.1) is 0 Å². The van der Waals surface area contributed by atoms with Crippen LogP contribution in [0, 0.1) is 26.7 Å². The molecule has 4 nitrogen and oxygen atoms in total. The number of aryl methyl sites for hydroxylation is 3. The van der Waals surface area contributed by atoms with Crippen LogP contribution in [0.5, 0.6) is 0 Å². The van der Waals surface area contributed by atoms with Gasteiger partial charge in [0, 0.05) is 18.3 Å². The molecule has 4 heteroatoms. The first kappa shape index (κ1) is 15.3. The Balaban J connectivity index is 2.62. The minimum absolute atomic E-state index is 0.269. The SMILES string of the molecule is Cc1cc(C)c(-c2nn(CC(C)C)cc2C(=O)O)c(C)c1. The second-order valence-corrected chi connectivity index (χ2v) is 6.09. The van der Waals surface area contributed by atoms with Gasteiger partial charge in [0.15, 0.2) is 0 Å².